The van der Waals surface area contributed by atoms with Crippen LogP contribution in [0.1, 0.15) is 92.6 Å². The van der Waals surface area contributed by atoms with Crippen LogP contribution in [0.5, 0.6) is 11.8 Å². The first-order valence-corrected chi connectivity index (χ1v) is 28.8. The van der Waals surface area contributed by atoms with Crippen LogP contribution in [0.25, 0.3) is 60.4 Å². The minimum atomic E-state index is -1.04. The number of nitrogens with zero attached hydrogens (tertiary/aromatic N) is 9. The van der Waals surface area contributed by atoms with Crippen LogP contribution < -0.4 is 30.6 Å². The van der Waals surface area contributed by atoms with Gasteiger partial charge in [0.2, 0.25) is 11.8 Å². The van der Waals surface area contributed by atoms with Crippen LogP contribution in [0, 0.1) is 18.7 Å². The zero-order valence-corrected chi connectivity index (χ0v) is 46.2. The highest BCUT2D eigenvalue weighted by Gasteiger charge is 2.44. The molecule has 0 radical (unpaired) electrons. The molecule has 9 aromatic rings. The molecule has 9 heterocycles. The number of β-amino-alcohol motifs (C(OH)–C–C–N with tert-alkyl or cyclic N) is 1. The molecule has 6 N–H and O–H groups in total. The summed E-state index contributed by atoms with van der Waals surface area (Å²) in [4.78, 5) is 64.4. The van der Waals surface area contributed by atoms with E-state index in [0.29, 0.717) is 81.9 Å². The SMILES string of the molecule is Cc1c(F)cc2[nH]ncc2c1-c1c(C2CC2)cc2c(N3C[C@@H]4C[C@H]3CN4)nc(OC3CCOCC3)nc2c1OCc1ccc2c(c1)[nH]c(=O)c1nn([C@H](C(=O)N3C[C@H](O)C[C@H]3C(=O)N[C@@H](CO)c3ccc(-n4ccnc4)cc3)C(C)C)cc12. The zero-order valence-electron chi connectivity index (χ0n) is 46.2. The van der Waals surface area contributed by atoms with Crippen molar-refractivity contribution in [2.24, 2.45) is 5.92 Å². The Morgan fingerprint density at radius 1 is 0.940 bits per heavy atom. The third-order valence-corrected chi connectivity index (χ3v) is 17.5. The Labute approximate surface area is 475 Å². The van der Waals surface area contributed by atoms with Crippen LogP contribution in [0.2, 0.25) is 0 Å². The maximum atomic E-state index is 16.2. The van der Waals surface area contributed by atoms with E-state index in [1.54, 1.807) is 31.8 Å². The lowest BCUT2D eigenvalue weighted by Gasteiger charge is -2.31. The number of piperazine rings is 1. The lowest BCUT2D eigenvalue weighted by atomic mass is 9.88. The molecule has 5 aliphatic rings. The molecule has 4 aliphatic heterocycles. The fourth-order valence-electron chi connectivity index (χ4n) is 13.1. The summed E-state index contributed by atoms with van der Waals surface area (Å²) in [6, 6.07) is 14.7. The average Bonchev–Trinajstić information content (AvgIpc) is 2.60. The Bertz CT molecular complexity index is 4040. The van der Waals surface area contributed by atoms with Crippen molar-refractivity contribution in [1.29, 1.82) is 0 Å². The molecule has 428 valence electrons. The van der Waals surface area contributed by atoms with Gasteiger partial charge < -0.3 is 54.4 Å². The number of imidazole rings is 1. The third-order valence-electron chi connectivity index (χ3n) is 17.5. The number of H-pyrrole nitrogens is 2. The van der Waals surface area contributed by atoms with Crippen LogP contribution in [-0.4, -0.2) is 141 Å². The molecule has 0 unspecified atom stereocenters. The Morgan fingerprint density at radius 2 is 1.77 bits per heavy atom. The van der Waals surface area contributed by atoms with Gasteiger partial charge in [0.05, 0.1) is 50.0 Å². The van der Waals surface area contributed by atoms with Crippen molar-refractivity contribution >= 4 is 61.2 Å². The minimum Gasteiger partial charge on any atom is -0.486 e. The predicted octanol–water partition coefficient (Wildman–Crippen LogP) is 6.57. The van der Waals surface area contributed by atoms with Crippen molar-refractivity contribution in [2.45, 2.75) is 114 Å². The summed E-state index contributed by atoms with van der Waals surface area (Å²) in [6.45, 7) is 7.82. The van der Waals surface area contributed by atoms with E-state index in [-0.39, 0.29) is 60.9 Å². The smallest absolute Gasteiger partial charge is 0.319 e. The summed E-state index contributed by atoms with van der Waals surface area (Å²) >= 11 is 0. The largest absolute Gasteiger partial charge is 0.486 e. The van der Waals surface area contributed by atoms with E-state index < -0.39 is 48.2 Å². The number of halogens is 1. The summed E-state index contributed by atoms with van der Waals surface area (Å²) in [7, 11) is 0. The highest BCUT2D eigenvalue weighted by Crippen LogP contribution is 2.54. The van der Waals surface area contributed by atoms with Crippen molar-refractivity contribution in [3.8, 4) is 28.6 Å². The number of hydrogen-bond donors (Lipinski definition) is 6. The molecule has 5 fully saturated rings. The maximum absolute atomic E-state index is 16.2. The Balaban J connectivity index is 0.803. The first-order chi connectivity index (χ1) is 40.3. The van der Waals surface area contributed by atoms with Gasteiger partial charge in [-0.2, -0.15) is 20.2 Å². The lowest BCUT2D eigenvalue weighted by molar-refractivity contribution is -0.142. The lowest BCUT2D eigenvalue weighted by Crippen LogP contribution is -2.50. The summed E-state index contributed by atoms with van der Waals surface area (Å²) in [6.07, 6.45) is 11.8. The number of fused-ring (bicyclic) bond motifs is 7. The van der Waals surface area contributed by atoms with Crippen molar-refractivity contribution < 1.29 is 38.4 Å². The quantitative estimate of drug-likeness (QED) is 0.0598. The second kappa shape index (κ2) is 21.1. The molecule has 21 nitrogen and oxygen atoms in total. The summed E-state index contributed by atoms with van der Waals surface area (Å²) in [5, 5.41) is 42.8. The number of carbonyl (C=O) groups is 2. The normalized spacial score (nSPS) is 20.9. The number of amides is 2. The van der Waals surface area contributed by atoms with Crippen LogP contribution >= 0.6 is 0 Å². The number of benzene rings is 4. The first kappa shape index (κ1) is 52.7. The van der Waals surface area contributed by atoms with E-state index in [1.165, 1.54) is 15.6 Å². The molecule has 1 aliphatic carbocycles. The second-order valence-electron chi connectivity index (χ2n) is 23.3. The topological polar surface area (TPSA) is 256 Å². The van der Waals surface area contributed by atoms with Gasteiger partial charge in [0.25, 0.3) is 5.56 Å². The fourth-order valence-corrected chi connectivity index (χ4v) is 13.1. The molecule has 5 aromatic heterocycles. The number of aliphatic hydroxyl groups is 2. The molecule has 14 rings (SSSR count). The van der Waals surface area contributed by atoms with Crippen molar-refractivity contribution in [3.63, 3.8) is 0 Å². The van der Waals surface area contributed by atoms with E-state index in [0.717, 1.165) is 71.3 Å². The van der Waals surface area contributed by atoms with E-state index in [2.05, 4.69) is 41.8 Å². The van der Waals surface area contributed by atoms with Gasteiger partial charge in [0.1, 0.15) is 41.9 Å². The number of hydrogen-bond acceptors (Lipinski definition) is 15. The molecular formula is C61H64FN13O8. The van der Waals surface area contributed by atoms with Crippen LogP contribution in [0.4, 0.5) is 10.2 Å². The molecule has 2 amide bonds. The maximum Gasteiger partial charge on any atom is 0.319 e. The molecule has 4 aromatic carbocycles. The van der Waals surface area contributed by atoms with Crippen molar-refractivity contribution in [3.05, 3.63) is 124 Å². The van der Waals surface area contributed by atoms with Gasteiger partial charge in [-0.1, -0.05) is 38.1 Å². The number of likely N-dealkylation sites (tertiary alicyclic amines) is 1. The number of nitrogens with one attached hydrogen (secondary N) is 4. The number of aromatic amines is 2. The van der Waals surface area contributed by atoms with Crippen molar-refractivity contribution in [2.75, 3.05) is 44.4 Å². The number of carbonyl (C=O) groups excluding carboxylic acids is 2. The van der Waals surface area contributed by atoms with E-state index in [4.69, 9.17) is 29.3 Å². The Hall–Kier alpha value is -8.31. The zero-order chi connectivity index (χ0) is 56.8. The van der Waals surface area contributed by atoms with Crippen LogP contribution in [0.15, 0.2) is 90.5 Å². The van der Waals surface area contributed by atoms with Gasteiger partial charge >= 0.3 is 6.01 Å². The summed E-state index contributed by atoms with van der Waals surface area (Å²) in [5.74, 6) is -0.277. The number of pyridine rings is 1. The van der Waals surface area contributed by atoms with Gasteiger partial charge in [-0.25, -0.2) is 9.37 Å². The van der Waals surface area contributed by atoms with Gasteiger partial charge in [-0.15, -0.1) is 0 Å². The van der Waals surface area contributed by atoms with Crippen molar-refractivity contribution in [1.82, 2.24) is 60.0 Å². The van der Waals surface area contributed by atoms with Gasteiger partial charge in [-0.05, 0) is 90.6 Å². The molecule has 83 heavy (non-hydrogen) atoms. The third kappa shape index (κ3) is 9.59. The highest BCUT2D eigenvalue weighted by atomic mass is 19.1. The fraction of sp³-hybridized carbons (Fsp3) is 0.410. The molecule has 22 heteroatoms. The summed E-state index contributed by atoms with van der Waals surface area (Å²) < 4.78 is 39.1. The number of rotatable bonds is 16. The number of anilines is 1. The molecule has 2 bridgehead atoms. The van der Waals surface area contributed by atoms with Gasteiger partial charge in [-0.3, -0.25) is 24.2 Å². The predicted molar refractivity (Wildman–Crippen MR) is 307 cm³/mol. The Kier molecular flexibility index (Phi) is 13.4. The summed E-state index contributed by atoms with van der Waals surface area (Å²) in [5.41, 5.74) is 6.39. The monoisotopic (exact) mass is 1130 g/mol. The second-order valence-corrected chi connectivity index (χ2v) is 23.3. The molecular weight excluding hydrogens is 1060 g/mol. The molecule has 1 saturated carbocycles. The Morgan fingerprint density at radius 3 is 2.51 bits per heavy atom. The number of aromatic nitrogens is 9. The number of aliphatic hydroxyl groups excluding tert-OH is 2. The van der Waals surface area contributed by atoms with Gasteiger partial charge in [0, 0.05) is 113 Å². The van der Waals surface area contributed by atoms with E-state index >= 15 is 4.39 Å². The minimum absolute atomic E-state index is 0.00209. The molecule has 4 saturated heterocycles. The molecule has 6 atom stereocenters. The van der Waals surface area contributed by atoms with Crippen LogP contribution in [-0.2, 0) is 20.9 Å². The van der Waals surface area contributed by atoms with E-state index in [1.807, 2.05) is 67.1 Å². The average molecular weight is 1130 g/mol. The van der Waals surface area contributed by atoms with Crippen LogP contribution in [0.3, 0.4) is 0 Å². The standard InChI is InChI=1S/C61H64FN13O8/c1-31(2)55(60(80)74-26-39(77)20-50(74)58(78)67-49(28-76)35-7-9-37(10-8-35)72-15-14-63-30-72)75-27-45-41-11-4-33(18-47(41)66-59(79)54(45)71-75)29-82-56-52(51-32(3)46(62)22-48-44(51)24-65-70-48)42(34-5-6-34)21-43-53(56)68-61(83-40-12-16-81-17-13-40)69-57(43)73-25-36-19-38(73)23-64-36/h4,7-11,14-15,18,21-22,24,27,30-31,34,36,38-40,49-50,55,64,76-77H,5-6,12-13,16-17,19-20,23,25-26,28-29H2,1-3H3,(H,65,70)(H,66,79)(H,67,78)/t36-,38-,39+,49-,50-,55-/m0/s1. The molecule has 0 spiro atoms. The highest BCUT2D eigenvalue weighted by molar-refractivity contribution is 6.07. The first-order valence-electron chi connectivity index (χ1n) is 28.8. The number of ether oxygens (including phenoxy) is 3. The van der Waals surface area contributed by atoms with Gasteiger partial charge in [0.15, 0.2) is 11.3 Å². The van der Waals surface area contributed by atoms with E-state index in [9.17, 15) is 24.6 Å².